The van der Waals surface area contributed by atoms with Crippen molar-refractivity contribution >= 4 is 11.8 Å². The standard InChI is InChI=1S/C30H32N2O2/c33-29(19-23-13-14-24-6-1-2-7-26(24)18-23)31-20-27-8-3-4-9-28(27)25-15-11-22(12-16-25)21-32-17-5-10-30(32)34/h3-4,8-9,11-16,18H,1-2,5-7,10,17,19-21H2,(H,31,33). The van der Waals surface area contributed by atoms with Gasteiger partial charge in [-0.25, -0.2) is 0 Å². The summed E-state index contributed by atoms with van der Waals surface area (Å²) in [7, 11) is 0. The van der Waals surface area contributed by atoms with Gasteiger partial charge < -0.3 is 10.2 Å². The van der Waals surface area contributed by atoms with E-state index in [2.05, 4.69) is 59.9 Å². The third kappa shape index (κ3) is 5.22. The molecule has 1 fully saturated rings. The zero-order chi connectivity index (χ0) is 23.3. The van der Waals surface area contributed by atoms with E-state index >= 15 is 0 Å². The molecule has 0 radical (unpaired) electrons. The fourth-order valence-electron chi connectivity index (χ4n) is 5.18. The largest absolute Gasteiger partial charge is 0.352 e. The van der Waals surface area contributed by atoms with Crippen LogP contribution in [-0.2, 0) is 41.9 Å². The van der Waals surface area contributed by atoms with Crippen LogP contribution in [0.15, 0.2) is 66.7 Å². The first-order valence-electron chi connectivity index (χ1n) is 12.5. The minimum Gasteiger partial charge on any atom is -0.352 e. The third-order valence-corrected chi connectivity index (χ3v) is 7.08. The lowest BCUT2D eigenvalue weighted by Gasteiger charge is -2.17. The molecular weight excluding hydrogens is 420 g/mol. The van der Waals surface area contributed by atoms with Crippen molar-refractivity contribution in [2.45, 2.75) is 58.0 Å². The molecule has 0 spiro atoms. The summed E-state index contributed by atoms with van der Waals surface area (Å²) in [5.41, 5.74) is 8.45. The highest BCUT2D eigenvalue weighted by atomic mass is 16.2. The van der Waals surface area contributed by atoms with Crippen molar-refractivity contribution in [3.8, 4) is 11.1 Å². The van der Waals surface area contributed by atoms with Gasteiger partial charge in [0.2, 0.25) is 11.8 Å². The molecule has 2 aliphatic rings. The maximum absolute atomic E-state index is 12.7. The minimum atomic E-state index is 0.0520. The number of carbonyl (C=O) groups excluding carboxylic acids is 2. The monoisotopic (exact) mass is 452 g/mol. The van der Waals surface area contributed by atoms with Gasteiger partial charge in [-0.15, -0.1) is 0 Å². The number of benzene rings is 3. The fourth-order valence-corrected chi connectivity index (χ4v) is 5.18. The molecule has 34 heavy (non-hydrogen) atoms. The highest BCUT2D eigenvalue weighted by Crippen LogP contribution is 2.25. The molecule has 5 rings (SSSR count). The summed E-state index contributed by atoms with van der Waals surface area (Å²) in [6.07, 6.45) is 6.86. The van der Waals surface area contributed by atoms with Gasteiger partial charge in [-0.05, 0) is 71.0 Å². The predicted molar refractivity (Wildman–Crippen MR) is 135 cm³/mol. The third-order valence-electron chi connectivity index (χ3n) is 7.08. The normalized spacial score (nSPS) is 15.3. The Morgan fingerprint density at radius 2 is 1.59 bits per heavy atom. The Balaban J connectivity index is 1.22. The van der Waals surface area contributed by atoms with Gasteiger partial charge in [-0.3, -0.25) is 9.59 Å². The van der Waals surface area contributed by atoms with Gasteiger partial charge in [0, 0.05) is 26.1 Å². The van der Waals surface area contributed by atoms with Crippen LogP contribution in [0.25, 0.3) is 11.1 Å². The number of fused-ring (bicyclic) bond motifs is 1. The fraction of sp³-hybridized carbons (Fsp3) is 0.333. The summed E-state index contributed by atoms with van der Waals surface area (Å²) in [6.45, 7) is 2.04. The second-order valence-electron chi connectivity index (χ2n) is 9.54. The second-order valence-corrected chi connectivity index (χ2v) is 9.54. The summed E-state index contributed by atoms with van der Waals surface area (Å²) in [5, 5.41) is 3.12. The maximum Gasteiger partial charge on any atom is 0.224 e. The van der Waals surface area contributed by atoms with Gasteiger partial charge in [0.15, 0.2) is 0 Å². The zero-order valence-corrected chi connectivity index (χ0v) is 19.7. The van der Waals surface area contributed by atoms with Crippen LogP contribution >= 0.6 is 0 Å². The van der Waals surface area contributed by atoms with Gasteiger partial charge >= 0.3 is 0 Å². The minimum absolute atomic E-state index is 0.0520. The summed E-state index contributed by atoms with van der Waals surface area (Å²) in [6, 6.07) is 23.2. The molecule has 2 amide bonds. The number of nitrogens with zero attached hydrogens (tertiary/aromatic N) is 1. The molecule has 0 unspecified atom stereocenters. The average Bonchev–Trinajstić information content (AvgIpc) is 3.27. The van der Waals surface area contributed by atoms with Gasteiger partial charge in [0.25, 0.3) is 0 Å². The molecule has 4 heteroatoms. The van der Waals surface area contributed by atoms with Crippen LogP contribution in [-0.4, -0.2) is 23.3 Å². The van der Waals surface area contributed by atoms with E-state index in [-0.39, 0.29) is 11.8 Å². The molecule has 4 nitrogen and oxygen atoms in total. The lowest BCUT2D eigenvalue weighted by atomic mass is 9.90. The van der Waals surface area contributed by atoms with E-state index in [0.29, 0.717) is 25.9 Å². The Hall–Kier alpha value is -3.40. The van der Waals surface area contributed by atoms with E-state index in [0.717, 1.165) is 53.6 Å². The van der Waals surface area contributed by atoms with Gasteiger partial charge in [0.1, 0.15) is 0 Å². The molecule has 0 saturated carbocycles. The van der Waals surface area contributed by atoms with Crippen molar-refractivity contribution in [3.63, 3.8) is 0 Å². The molecule has 1 aliphatic heterocycles. The highest BCUT2D eigenvalue weighted by molar-refractivity contribution is 5.79. The van der Waals surface area contributed by atoms with Gasteiger partial charge in [0.05, 0.1) is 6.42 Å². The SMILES string of the molecule is O=C(Cc1ccc2c(c1)CCCC2)NCc1ccccc1-c1ccc(CN2CCCC2=O)cc1. The molecule has 3 aromatic rings. The molecule has 1 heterocycles. The topological polar surface area (TPSA) is 49.4 Å². The Morgan fingerprint density at radius 1 is 0.824 bits per heavy atom. The van der Waals surface area contributed by atoms with E-state index in [4.69, 9.17) is 0 Å². The lowest BCUT2D eigenvalue weighted by molar-refractivity contribution is -0.128. The molecular formula is C30H32N2O2. The number of hydrogen-bond donors (Lipinski definition) is 1. The Bertz CT molecular complexity index is 1180. The molecule has 0 aromatic heterocycles. The number of likely N-dealkylation sites (tertiary alicyclic amines) is 1. The predicted octanol–water partition coefficient (Wildman–Crippen LogP) is 5.21. The smallest absolute Gasteiger partial charge is 0.224 e. The van der Waals surface area contributed by atoms with Crippen molar-refractivity contribution < 1.29 is 9.59 Å². The van der Waals surface area contributed by atoms with Crippen molar-refractivity contribution in [3.05, 3.63) is 94.5 Å². The van der Waals surface area contributed by atoms with Gasteiger partial charge in [-0.2, -0.15) is 0 Å². The Labute approximate surface area is 202 Å². The van der Waals surface area contributed by atoms with Crippen molar-refractivity contribution in [2.24, 2.45) is 0 Å². The summed E-state index contributed by atoms with van der Waals surface area (Å²) in [4.78, 5) is 26.5. The van der Waals surface area contributed by atoms with Crippen LogP contribution in [0.4, 0.5) is 0 Å². The number of hydrogen-bond acceptors (Lipinski definition) is 2. The van der Waals surface area contributed by atoms with Crippen molar-refractivity contribution in [1.82, 2.24) is 10.2 Å². The summed E-state index contributed by atoms with van der Waals surface area (Å²) >= 11 is 0. The molecule has 1 aliphatic carbocycles. The van der Waals surface area contributed by atoms with Crippen LogP contribution in [0.5, 0.6) is 0 Å². The van der Waals surface area contributed by atoms with Crippen LogP contribution < -0.4 is 5.32 Å². The number of carbonyl (C=O) groups is 2. The van der Waals surface area contributed by atoms with E-state index in [1.54, 1.807) is 0 Å². The molecule has 174 valence electrons. The summed E-state index contributed by atoms with van der Waals surface area (Å²) < 4.78 is 0. The van der Waals surface area contributed by atoms with Crippen LogP contribution in [0.3, 0.4) is 0 Å². The highest BCUT2D eigenvalue weighted by Gasteiger charge is 2.20. The van der Waals surface area contributed by atoms with Crippen LogP contribution in [0, 0.1) is 0 Å². The summed E-state index contributed by atoms with van der Waals surface area (Å²) in [5.74, 6) is 0.303. The number of amides is 2. The van der Waals surface area contributed by atoms with Crippen LogP contribution in [0.1, 0.15) is 53.5 Å². The van der Waals surface area contributed by atoms with E-state index in [1.165, 1.54) is 24.0 Å². The van der Waals surface area contributed by atoms with E-state index in [9.17, 15) is 9.59 Å². The first kappa shape index (κ1) is 22.4. The van der Waals surface area contributed by atoms with Crippen molar-refractivity contribution in [2.75, 3.05) is 6.54 Å². The number of rotatable bonds is 7. The first-order chi connectivity index (χ1) is 16.7. The Morgan fingerprint density at radius 3 is 2.38 bits per heavy atom. The van der Waals surface area contributed by atoms with Crippen molar-refractivity contribution in [1.29, 1.82) is 0 Å². The first-order valence-corrected chi connectivity index (χ1v) is 12.5. The average molecular weight is 453 g/mol. The number of nitrogens with one attached hydrogen (secondary N) is 1. The molecule has 1 saturated heterocycles. The zero-order valence-electron chi connectivity index (χ0n) is 19.7. The Kier molecular flexibility index (Phi) is 6.75. The number of aryl methyl sites for hydroxylation is 2. The van der Waals surface area contributed by atoms with E-state index < -0.39 is 0 Å². The van der Waals surface area contributed by atoms with E-state index in [1.807, 2.05) is 17.0 Å². The molecule has 1 N–H and O–H groups in total. The second kappa shape index (κ2) is 10.3. The quantitative estimate of drug-likeness (QED) is 0.535. The molecule has 3 aromatic carbocycles. The van der Waals surface area contributed by atoms with Crippen LogP contribution in [0.2, 0.25) is 0 Å². The molecule has 0 atom stereocenters. The molecule has 0 bridgehead atoms. The lowest BCUT2D eigenvalue weighted by Crippen LogP contribution is -2.25. The van der Waals surface area contributed by atoms with Gasteiger partial charge in [-0.1, -0.05) is 66.7 Å². The maximum atomic E-state index is 12.7.